The van der Waals surface area contributed by atoms with Crippen LogP contribution in [-0.2, 0) is 4.74 Å². The molecule has 1 N–H and O–H groups in total. The maximum Gasteiger partial charge on any atom is 0.354 e. The maximum absolute atomic E-state index is 11.5. The van der Waals surface area contributed by atoms with Crippen LogP contribution in [0.3, 0.4) is 0 Å². The molecule has 84 valence electrons. The van der Waals surface area contributed by atoms with Gasteiger partial charge in [0.25, 0.3) is 0 Å². The number of aromatic amines is 1. The molecule has 0 radical (unpaired) electrons. The molecule has 2 aromatic rings. The van der Waals surface area contributed by atoms with E-state index in [0.717, 1.165) is 20.9 Å². The first-order chi connectivity index (χ1) is 7.54. The number of rotatable bonds is 1. The van der Waals surface area contributed by atoms with E-state index in [-0.39, 0.29) is 5.97 Å². The van der Waals surface area contributed by atoms with Crippen molar-refractivity contribution in [3.63, 3.8) is 0 Å². The Morgan fingerprint density at radius 1 is 1.50 bits per heavy atom. The molecular formula is C11H9BrClNO2. The third kappa shape index (κ3) is 1.72. The van der Waals surface area contributed by atoms with Crippen LogP contribution < -0.4 is 0 Å². The summed E-state index contributed by atoms with van der Waals surface area (Å²) in [6.07, 6.45) is 0. The summed E-state index contributed by atoms with van der Waals surface area (Å²) in [4.78, 5) is 14.5. The number of H-pyrrole nitrogens is 1. The Bertz CT molecular complexity index is 577. The number of aryl methyl sites for hydroxylation is 1. The summed E-state index contributed by atoms with van der Waals surface area (Å²) in [5.41, 5.74) is 2.15. The lowest BCUT2D eigenvalue weighted by Crippen LogP contribution is -2.02. The second kappa shape index (κ2) is 4.11. The predicted octanol–water partition coefficient (Wildman–Crippen LogP) is 3.68. The highest BCUT2D eigenvalue weighted by Crippen LogP contribution is 2.31. The average molecular weight is 303 g/mol. The fourth-order valence-corrected chi connectivity index (χ4v) is 2.57. The topological polar surface area (TPSA) is 42.1 Å². The molecule has 0 unspecified atom stereocenters. The second-order valence-electron chi connectivity index (χ2n) is 3.43. The SMILES string of the molecule is COC(=O)c1[nH]c2c(Br)cc(Cl)cc2c1C. The van der Waals surface area contributed by atoms with Crippen LogP contribution in [0.15, 0.2) is 16.6 Å². The van der Waals surface area contributed by atoms with E-state index in [0.29, 0.717) is 10.7 Å². The van der Waals surface area contributed by atoms with Crippen LogP contribution in [0, 0.1) is 6.92 Å². The molecule has 5 heteroatoms. The van der Waals surface area contributed by atoms with Gasteiger partial charge in [0.2, 0.25) is 0 Å². The van der Waals surface area contributed by atoms with Gasteiger partial charge in [-0.05, 0) is 40.5 Å². The molecule has 0 aliphatic heterocycles. The van der Waals surface area contributed by atoms with Gasteiger partial charge in [-0.2, -0.15) is 0 Å². The Morgan fingerprint density at radius 2 is 2.19 bits per heavy atom. The van der Waals surface area contributed by atoms with Gasteiger partial charge in [0.15, 0.2) is 0 Å². The van der Waals surface area contributed by atoms with E-state index in [9.17, 15) is 4.79 Å². The highest BCUT2D eigenvalue weighted by Gasteiger charge is 2.16. The van der Waals surface area contributed by atoms with E-state index in [1.54, 1.807) is 6.07 Å². The molecule has 0 aliphatic carbocycles. The zero-order valence-electron chi connectivity index (χ0n) is 8.73. The van der Waals surface area contributed by atoms with Gasteiger partial charge in [-0.3, -0.25) is 0 Å². The normalized spacial score (nSPS) is 10.8. The number of esters is 1. The molecule has 2 rings (SSSR count). The molecule has 0 bridgehead atoms. The molecule has 0 aliphatic rings. The Balaban J connectivity index is 2.77. The van der Waals surface area contributed by atoms with Gasteiger partial charge in [-0.25, -0.2) is 4.79 Å². The summed E-state index contributed by atoms with van der Waals surface area (Å²) >= 11 is 9.36. The van der Waals surface area contributed by atoms with Crippen molar-refractivity contribution in [3.05, 3.63) is 32.9 Å². The summed E-state index contributed by atoms with van der Waals surface area (Å²) in [5, 5.41) is 1.54. The number of benzene rings is 1. The number of nitrogens with one attached hydrogen (secondary N) is 1. The van der Waals surface area contributed by atoms with Crippen molar-refractivity contribution >= 4 is 44.4 Å². The second-order valence-corrected chi connectivity index (χ2v) is 4.72. The third-order valence-corrected chi connectivity index (χ3v) is 3.32. The molecule has 0 fully saturated rings. The van der Waals surface area contributed by atoms with Crippen molar-refractivity contribution in [2.24, 2.45) is 0 Å². The summed E-state index contributed by atoms with van der Waals surface area (Å²) < 4.78 is 5.53. The van der Waals surface area contributed by atoms with E-state index in [2.05, 4.69) is 20.9 Å². The number of carbonyl (C=O) groups excluding carboxylic acids is 1. The van der Waals surface area contributed by atoms with E-state index >= 15 is 0 Å². The molecule has 0 atom stereocenters. The van der Waals surface area contributed by atoms with E-state index in [4.69, 9.17) is 16.3 Å². The van der Waals surface area contributed by atoms with E-state index in [1.807, 2.05) is 13.0 Å². The van der Waals surface area contributed by atoms with Gasteiger partial charge in [0.05, 0.1) is 12.6 Å². The summed E-state index contributed by atoms with van der Waals surface area (Å²) in [6, 6.07) is 3.60. The highest BCUT2D eigenvalue weighted by atomic mass is 79.9. The van der Waals surface area contributed by atoms with Crippen LogP contribution in [-0.4, -0.2) is 18.1 Å². The number of methoxy groups -OCH3 is 1. The van der Waals surface area contributed by atoms with E-state index in [1.165, 1.54) is 7.11 Å². The Hall–Kier alpha value is -1.00. The van der Waals surface area contributed by atoms with E-state index < -0.39 is 0 Å². The van der Waals surface area contributed by atoms with Crippen LogP contribution in [0.25, 0.3) is 10.9 Å². The van der Waals surface area contributed by atoms with Gasteiger partial charge in [-0.15, -0.1) is 0 Å². The van der Waals surface area contributed by atoms with Crippen LogP contribution in [0.1, 0.15) is 16.1 Å². The number of hydrogen-bond donors (Lipinski definition) is 1. The van der Waals surface area contributed by atoms with Crippen LogP contribution in [0.4, 0.5) is 0 Å². The molecule has 3 nitrogen and oxygen atoms in total. The van der Waals surface area contributed by atoms with Gasteiger partial charge < -0.3 is 9.72 Å². The van der Waals surface area contributed by atoms with Gasteiger partial charge >= 0.3 is 5.97 Å². The van der Waals surface area contributed by atoms with Crippen LogP contribution in [0.5, 0.6) is 0 Å². The number of halogens is 2. The number of aromatic nitrogens is 1. The number of hydrogen-bond acceptors (Lipinski definition) is 2. The van der Waals surface area contributed by atoms with Gasteiger partial charge in [0.1, 0.15) is 5.69 Å². The molecule has 1 aromatic heterocycles. The highest BCUT2D eigenvalue weighted by molar-refractivity contribution is 9.10. The molecule has 16 heavy (non-hydrogen) atoms. The standard InChI is InChI=1S/C11H9BrClNO2/c1-5-7-3-6(13)4-8(12)10(7)14-9(5)11(15)16-2/h3-4,14H,1-2H3. The molecule has 0 amide bonds. The lowest BCUT2D eigenvalue weighted by atomic mass is 10.1. The molecule has 0 saturated heterocycles. The van der Waals surface area contributed by atoms with Crippen LogP contribution >= 0.6 is 27.5 Å². The average Bonchev–Trinajstić information content (AvgIpc) is 2.56. The monoisotopic (exact) mass is 301 g/mol. The van der Waals surface area contributed by atoms with Crippen molar-refractivity contribution in [1.29, 1.82) is 0 Å². The molecule has 1 heterocycles. The van der Waals surface area contributed by atoms with Crippen molar-refractivity contribution in [3.8, 4) is 0 Å². The number of ether oxygens (including phenoxy) is 1. The van der Waals surface area contributed by atoms with Crippen molar-refractivity contribution in [1.82, 2.24) is 4.98 Å². The minimum Gasteiger partial charge on any atom is -0.464 e. The van der Waals surface area contributed by atoms with Crippen molar-refractivity contribution < 1.29 is 9.53 Å². The number of fused-ring (bicyclic) bond motifs is 1. The summed E-state index contributed by atoms with van der Waals surface area (Å²) in [5.74, 6) is -0.378. The minimum absolute atomic E-state index is 0.378. The first-order valence-electron chi connectivity index (χ1n) is 4.60. The maximum atomic E-state index is 11.5. The zero-order valence-corrected chi connectivity index (χ0v) is 11.1. The lowest BCUT2D eigenvalue weighted by Gasteiger charge is -1.96. The molecule has 0 saturated carbocycles. The minimum atomic E-state index is -0.378. The Morgan fingerprint density at radius 3 is 2.81 bits per heavy atom. The largest absolute Gasteiger partial charge is 0.464 e. The summed E-state index contributed by atoms with van der Waals surface area (Å²) in [6.45, 7) is 1.86. The van der Waals surface area contributed by atoms with Crippen molar-refractivity contribution in [2.75, 3.05) is 7.11 Å². The molecule has 1 aromatic carbocycles. The lowest BCUT2D eigenvalue weighted by molar-refractivity contribution is 0.0594. The van der Waals surface area contributed by atoms with Crippen LogP contribution in [0.2, 0.25) is 5.02 Å². The zero-order chi connectivity index (χ0) is 11.9. The smallest absolute Gasteiger partial charge is 0.354 e. The summed E-state index contributed by atoms with van der Waals surface area (Å²) in [7, 11) is 1.36. The fourth-order valence-electron chi connectivity index (χ4n) is 1.66. The van der Waals surface area contributed by atoms with Crippen molar-refractivity contribution in [2.45, 2.75) is 6.92 Å². The Kier molecular flexibility index (Phi) is 2.95. The molecular weight excluding hydrogens is 293 g/mol. The van der Waals surface area contributed by atoms with Gasteiger partial charge in [0, 0.05) is 14.9 Å². The predicted molar refractivity (Wildman–Crippen MR) is 67.1 cm³/mol. The number of carbonyl (C=O) groups is 1. The quantitative estimate of drug-likeness (QED) is 0.817. The van der Waals surface area contributed by atoms with Gasteiger partial charge in [-0.1, -0.05) is 11.6 Å². The first kappa shape index (κ1) is 11.5. The third-order valence-electron chi connectivity index (χ3n) is 2.47. The fraction of sp³-hybridized carbons (Fsp3) is 0.182. The molecule has 0 spiro atoms. The first-order valence-corrected chi connectivity index (χ1v) is 5.77. The Labute approximate surface area is 106 Å².